The molecule has 1 aromatic rings. The standard InChI is InChI=1S/C10H12N2O6S2/c13-10(14)8-1-2-9(11-7-8)20(17,18)12-3-5-19(15,16)6-4-12/h1-2,7H,3-6H2,(H,13,14). The molecular formula is C10H12N2O6S2. The van der Waals surface area contributed by atoms with Crippen molar-refractivity contribution >= 4 is 25.8 Å². The van der Waals surface area contributed by atoms with Gasteiger partial charge in [-0.05, 0) is 12.1 Å². The van der Waals surface area contributed by atoms with E-state index in [0.29, 0.717) is 0 Å². The number of hydrogen-bond donors (Lipinski definition) is 1. The first-order chi connectivity index (χ1) is 9.22. The molecule has 20 heavy (non-hydrogen) atoms. The van der Waals surface area contributed by atoms with Gasteiger partial charge in [-0.2, -0.15) is 4.31 Å². The number of hydrogen-bond acceptors (Lipinski definition) is 6. The number of carbonyl (C=O) groups is 1. The Morgan fingerprint density at radius 3 is 2.30 bits per heavy atom. The zero-order chi connectivity index (χ0) is 15.0. The number of sulfonamides is 1. The molecule has 1 N–H and O–H groups in total. The first kappa shape index (κ1) is 14.9. The summed E-state index contributed by atoms with van der Waals surface area (Å²) in [5.74, 6) is -1.65. The normalized spacial score (nSPS) is 19.6. The maximum Gasteiger partial charge on any atom is 0.337 e. The number of sulfone groups is 1. The number of carboxylic acid groups (broad SMARTS) is 1. The van der Waals surface area contributed by atoms with Gasteiger partial charge in [0.2, 0.25) is 0 Å². The van der Waals surface area contributed by atoms with Crippen LogP contribution in [0.4, 0.5) is 0 Å². The van der Waals surface area contributed by atoms with E-state index < -0.39 is 25.8 Å². The van der Waals surface area contributed by atoms with Crippen molar-refractivity contribution in [2.45, 2.75) is 5.03 Å². The highest BCUT2D eigenvalue weighted by Crippen LogP contribution is 2.16. The van der Waals surface area contributed by atoms with Crippen LogP contribution >= 0.6 is 0 Å². The molecule has 0 saturated carbocycles. The summed E-state index contributed by atoms with van der Waals surface area (Å²) in [7, 11) is -7.07. The van der Waals surface area contributed by atoms with Crippen LogP contribution < -0.4 is 0 Å². The van der Waals surface area contributed by atoms with Crippen molar-refractivity contribution in [3.05, 3.63) is 23.9 Å². The van der Waals surface area contributed by atoms with Gasteiger partial charge in [-0.1, -0.05) is 0 Å². The van der Waals surface area contributed by atoms with Crippen molar-refractivity contribution in [2.75, 3.05) is 24.6 Å². The molecule has 0 amide bonds. The summed E-state index contributed by atoms with van der Waals surface area (Å²) in [5, 5.41) is 8.43. The first-order valence-corrected chi connectivity index (χ1v) is 8.88. The van der Waals surface area contributed by atoms with Crippen LogP contribution in [-0.2, 0) is 19.9 Å². The Labute approximate surface area is 116 Å². The molecule has 8 nitrogen and oxygen atoms in total. The molecule has 1 saturated heterocycles. The van der Waals surface area contributed by atoms with Crippen molar-refractivity contribution in [1.82, 2.24) is 9.29 Å². The van der Waals surface area contributed by atoms with E-state index in [-0.39, 0.29) is 35.2 Å². The Morgan fingerprint density at radius 2 is 1.85 bits per heavy atom. The average Bonchev–Trinajstić information content (AvgIpc) is 2.38. The van der Waals surface area contributed by atoms with E-state index in [4.69, 9.17) is 5.11 Å². The van der Waals surface area contributed by atoms with Gasteiger partial charge in [0.05, 0.1) is 17.1 Å². The van der Waals surface area contributed by atoms with Gasteiger partial charge >= 0.3 is 5.97 Å². The number of carboxylic acids is 1. The number of pyridine rings is 1. The van der Waals surface area contributed by atoms with E-state index in [2.05, 4.69) is 4.98 Å². The molecule has 0 spiro atoms. The molecule has 0 unspecified atom stereocenters. The predicted molar refractivity (Wildman–Crippen MR) is 68.6 cm³/mol. The van der Waals surface area contributed by atoms with Crippen molar-refractivity contribution in [2.24, 2.45) is 0 Å². The van der Waals surface area contributed by atoms with E-state index in [9.17, 15) is 21.6 Å². The summed E-state index contributed by atoms with van der Waals surface area (Å²) < 4.78 is 48.0. The third-order valence-electron chi connectivity index (χ3n) is 2.89. The highest BCUT2D eigenvalue weighted by atomic mass is 32.2. The summed E-state index contributed by atoms with van der Waals surface area (Å²) in [6.45, 7) is -0.236. The molecule has 1 aromatic heterocycles. The SMILES string of the molecule is O=C(O)c1ccc(S(=O)(=O)N2CCS(=O)(=O)CC2)nc1. The second kappa shape index (κ2) is 5.11. The second-order valence-corrected chi connectivity index (χ2v) is 8.43. The van der Waals surface area contributed by atoms with E-state index >= 15 is 0 Å². The molecule has 0 bridgehead atoms. The summed E-state index contributed by atoms with van der Waals surface area (Å²) in [4.78, 5) is 14.3. The Morgan fingerprint density at radius 1 is 1.25 bits per heavy atom. The topological polar surface area (TPSA) is 122 Å². The molecule has 1 aliphatic heterocycles. The fourth-order valence-corrected chi connectivity index (χ4v) is 4.51. The van der Waals surface area contributed by atoms with Gasteiger partial charge in [0.25, 0.3) is 10.0 Å². The molecule has 1 fully saturated rings. The van der Waals surface area contributed by atoms with E-state index in [1.54, 1.807) is 0 Å². The lowest BCUT2D eigenvalue weighted by molar-refractivity contribution is 0.0696. The molecule has 10 heteroatoms. The van der Waals surface area contributed by atoms with Gasteiger partial charge in [-0.25, -0.2) is 26.6 Å². The van der Waals surface area contributed by atoms with Gasteiger partial charge in [0.15, 0.2) is 14.9 Å². The van der Waals surface area contributed by atoms with Crippen LogP contribution in [0.15, 0.2) is 23.4 Å². The lowest BCUT2D eigenvalue weighted by Crippen LogP contribution is -2.43. The van der Waals surface area contributed by atoms with Crippen molar-refractivity contribution in [1.29, 1.82) is 0 Å². The molecule has 0 radical (unpaired) electrons. The molecule has 0 aromatic carbocycles. The van der Waals surface area contributed by atoms with Crippen LogP contribution in [0.1, 0.15) is 10.4 Å². The molecule has 110 valence electrons. The quantitative estimate of drug-likeness (QED) is 0.773. The molecule has 2 heterocycles. The fourth-order valence-electron chi connectivity index (χ4n) is 1.73. The van der Waals surface area contributed by atoms with Crippen molar-refractivity contribution in [3.8, 4) is 0 Å². The smallest absolute Gasteiger partial charge is 0.337 e. The third-order valence-corrected chi connectivity index (χ3v) is 6.32. The van der Waals surface area contributed by atoms with E-state index in [1.807, 2.05) is 0 Å². The zero-order valence-electron chi connectivity index (χ0n) is 10.3. The van der Waals surface area contributed by atoms with Crippen LogP contribution in [-0.4, -0.2) is 61.8 Å². The Kier molecular flexibility index (Phi) is 3.80. The minimum absolute atomic E-state index is 0.118. The summed E-state index contributed by atoms with van der Waals surface area (Å²) in [5.41, 5.74) is -0.120. The minimum atomic E-state index is -3.89. The molecular weight excluding hydrogens is 308 g/mol. The van der Waals surface area contributed by atoms with Gasteiger partial charge in [0, 0.05) is 19.3 Å². The van der Waals surface area contributed by atoms with E-state index in [0.717, 1.165) is 22.6 Å². The lowest BCUT2D eigenvalue weighted by Gasteiger charge is -2.25. The third kappa shape index (κ3) is 2.97. The maximum absolute atomic E-state index is 12.2. The molecule has 2 rings (SSSR count). The highest BCUT2D eigenvalue weighted by molar-refractivity contribution is 7.92. The minimum Gasteiger partial charge on any atom is -0.478 e. The first-order valence-electron chi connectivity index (χ1n) is 5.62. The molecule has 0 aliphatic carbocycles. The number of nitrogens with zero attached hydrogens (tertiary/aromatic N) is 2. The highest BCUT2D eigenvalue weighted by Gasteiger charge is 2.32. The summed E-state index contributed by atoms with van der Waals surface area (Å²) in [6.07, 6.45) is 0.954. The largest absolute Gasteiger partial charge is 0.478 e. The number of aromatic nitrogens is 1. The molecule has 1 aliphatic rings. The van der Waals surface area contributed by atoms with Crippen LogP contribution in [0.2, 0.25) is 0 Å². The fraction of sp³-hybridized carbons (Fsp3) is 0.400. The lowest BCUT2D eigenvalue weighted by atomic mass is 10.3. The average molecular weight is 320 g/mol. The Bertz CT molecular complexity index is 710. The number of aromatic carboxylic acids is 1. The van der Waals surface area contributed by atoms with Crippen LogP contribution in [0.5, 0.6) is 0 Å². The maximum atomic E-state index is 12.2. The van der Waals surface area contributed by atoms with Gasteiger partial charge in [0.1, 0.15) is 0 Å². The zero-order valence-corrected chi connectivity index (χ0v) is 11.9. The van der Waals surface area contributed by atoms with Crippen molar-refractivity contribution < 1.29 is 26.7 Å². The van der Waals surface area contributed by atoms with Crippen LogP contribution in [0.3, 0.4) is 0 Å². The number of rotatable bonds is 3. The summed E-state index contributed by atoms with van der Waals surface area (Å²) >= 11 is 0. The van der Waals surface area contributed by atoms with Gasteiger partial charge in [-0.3, -0.25) is 0 Å². The Hall–Kier alpha value is -1.52. The van der Waals surface area contributed by atoms with Crippen LogP contribution in [0.25, 0.3) is 0 Å². The van der Waals surface area contributed by atoms with E-state index in [1.165, 1.54) is 0 Å². The van der Waals surface area contributed by atoms with Crippen molar-refractivity contribution in [3.63, 3.8) is 0 Å². The monoisotopic (exact) mass is 320 g/mol. The summed E-state index contributed by atoms with van der Waals surface area (Å²) in [6, 6.07) is 2.24. The van der Waals surface area contributed by atoms with Gasteiger partial charge < -0.3 is 5.11 Å². The second-order valence-electron chi connectivity index (χ2n) is 4.25. The Balaban J connectivity index is 2.25. The van der Waals surface area contributed by atoms with Gasteiger partial charge in [-0.15, -0.1) is 0 Å². The predicted octanol–water partition coefficient (Wildman–Crippen LogP) is -0.801. The molecule has 0 atom stereocenters. The van der Waals surface area contributed by atoms with Crippen LogP contribution in [0, 0.1) is 0 Å².